The van der Waals surface area contributed by atoms with Crippen molar-refractivity contribution in [3.63, 3.8) is 0 Å². The van der Waals surface area contributed by atoms with Crippen LogP contribution in [0.1, 0.15) is 20.3 Å². The van der Waals surface area contributed by atoms with Crippen LogP contribution in [0.5, 0.6) is 0 Å². The number of carbonyl (C=O) groups is 1. The van der Waals surface area contributed by atoms with Crippen molar-refractivity contribution in [3.8, 4) is 0 Å². The van der Waals surface area contributed by atoms with Gasteiger partial charge in [-0.2, -0.15) is 0 Å². The van der Waals surface area contributed by atoms with Gasteiger partial charge in [-0.15, -0.1) is 0 Å². The van der Waals surface area contributed by atoms with Gasteiger partial charge in [-0.05, 0) is 20.3 Å². The number of ether oxygens (including phenoxy) is 1. The lowest BCUT2D eigenvalue weighted by molar-refractivity contribution is -0.139. The lowest BCUT2D eigenvalue weighted by Gasteiger charge is -2.13. The van der Waals surface area contributed by atoms with Gasteiger partial charge in [-0.1, -0.05) is 0 Å². The van der Waals surface area contributed by atoms with Gasteiger partial charge in [0.15, 0.2) is 0 Å². The number of aliphatic hydroxyl groups excluding tert-OH is 1. The van der Waals surface area contributed by atoms with E-state index in [4.69, 9.17) is 5.11 Å². The second-order valence-corrected chi connectivity index (χ2v) is 2.94. The van der Waals surface area contributed by atoms with Crippen LogP contribution < -0.4 is 5.32 Å². The molecule has 0 bridgehead atoms. The molecule has 0 radical (unpaired) electrons. The Morgan fingerprint density at radius 3 is 2.58 bits per heavy atom. The number of hydrogen-bond donors (Lipinski definition) is 2. The summed E-state index contributed by atoms with van der Waals surface area (Å²) in [6.45, 7) is 3.83. The fraction of sp³-hybridized carbons (Fsp3) is 0.875. The summed E-state index contributed by atoms with van der Waals surface area (Å²) in [5.41, 5.74) is 0. The summed E-state index contributed by atoms with van der Waals surface area (Å²) < 4.78 is 4.44. The Hall–Kier alpha value is -0.610. The smallest absolute Gasteiger partial charge is 0.319 e. The third kappa shape index (κ3) is 6.12. The van der Waals surface area contributed by atoms with Crippen molar-refractivity contribution >= 4 is 5.97 Å². The van der Waals surface area contributed by atoms with E-state index in [1.807, 2.05) is 6.92 Å². The molecule has 0 aliphatic carbocycles. The summed E-state index contributed by atoms with van der Waals surface area (Å²) in [6.07, 6.45) is 0.293. The normalized spacial score (nSPS) is 15.3. The molecule has 0 saturated carbocycles. The summed E-state index contributed by atoms with van der Waals surface area (Å²) >= 11 is 0. The molecular weight excluding hydrogens is 158 g/mol. The lowest BCUT2D eigenvalue weighted by Crippen LogP contribution is -2.34. The highest BCUT2D eigenvalue weighted by atomic mass is 16.5. The zero-order valence-electron chi connectivity index (χ0n) is 7.83. The fourth-order valence-electron chi connectivity index (χ4n) is 0.925. The Balaban J connectivity index is 3.43. The second kappa shape index (κ2) is 5.97. The molecule has 0 amide bonds. The maximum Gasteiger partial charge on any atom is 0.319 e. The van der Waals surface area contributed by atoms with Gasteiger partial charge in [-0.3, -0.25) is 4.79 Å². The Kier molecular flexibility index (Phi) is 5.66. The van der Waals surface area contributed by atoms with Gasteiger partial charge in [0.1, 0.15) is 0 Å². The third-order valence-electron chi connectivity index (χ3n) is 1.52. The van der Waals surface area contributed by atoms with Crippen LogP contribution in [0.3, 0.4) is 0 Å². The van der Waals surface area contributed by atoms with Gasteiger partial charge in [0, 0.05) is 6.04 Å². The molecule has 0 heterocycles. The second-order valence-electron chi connectivity index (χ2n) is 2.94. The molecule has 0 aliphatic heterocycles. The third-order valence-corrected chi connectivity index (χ3v) is 1.52. The SMILES string of the molecule is COC(=O)CNC(C)CC(C)O. The van der Waals surface area contributed by atoms with Gasteiger partial charge in [-0.25, -0.2) is 0 Å². The van der Waals surface area contributed by atoms with Crippen LogP contribution >= 0.6 is 0 Å². The van der Waals surface area contributed by atoms with Crippen molar-refractivity contribution in [2.45, 2.75) is 32.4 Å². The van der Waals surface area contributed by atoms with E-state index >= 15 is 0 Å². The van der Waals surface area contributed by atoms with E-state index in [0.717, 1.165) is 0 Å². The maximum atomic E-state index is 10.7. The zero-order chi connectivity index (χ0) is 9.56. The number of methoxy groups -OCH3 is 1. The lowest BCUT2D eigenvalue weighted by atomic mass is 10.1. The van der Waals surface area contributed by atoms with Crippen molar-refractivity contribution in [2.24, 2.45) is 0 Å². The molecular formula is C8H17NO3. The Morgan fingerprint density at radius 1 is 1.58 bits per heavy atom. The topological polar surface area (TPSA) is 58.6 Å². The molecule has 4 heteroatoms. The minimum absolute atomic E-state index is 0.129. The molecule has 2 unspecified atom stereocenters. The number of hydrogen-bond acceptors (Lipinski definition) is 4. The molecule has 2 atom stereocenters. The summed E-state index contributed by atoms with van der Waals surface area (Å²) in [5.74, 6) is -0.285. The van der Waals surface area contributed by atoms with E-state index in [-0.39, 0.29) is 24.7 Å². The fourth-order valence-corrected chi connectivity index (χ4v) is 0.925. The maximum absolute atomic E-state index is 10.7. The van der Waals surface area contributed by atoms with Crippen molar-refractivity contribution in [2.75, 3.05) is 13.7 Å². The van der Waals surface area contributed by atoms with E-state index < -0.39 is 0 Å². The van der Waals surface area contributed by atoms with E-state index in [1.54, 1.807) is 6.92 Å². The zero-order valence-corrected chi connectivity index (χ0v) is 7.83. The van der Waals surface area contributed by atoms with E-state index in [0.29, 0.717) is 6.42 Å². The molecule has 0 spiro atoms. The number of esters is 1. The van der Waals surface area contributed by atoms with Gasteiger partial charge in [0.2, 0.25) is 0 Å². The van der Waals surface area contributed by atoms with Crippen LogP contribution in [-0.4, -0.2) is 36.9 Å². The molecule has 0 rings (SSSR count). The average molecular weight is 175 g/mol. The summed E-state index contributed by atoms with van der Waals surface area (Å²) in [4.78, 5) is 10.7. The van der Waals surface area contributed by atoms with Crippen LogP contribution in [0.25, 0.3) is 0 Å². The minimum atomic E-state index is -0.342. The first-order valence-corrected chi connectivity index (χ1v) is 4.04. The van der Waals surface area contributed by atoms with E-state index in [2.05, 4.69) is 10.1 Å². The monoisotopic (exact) mass is 175 g/mol. The van der Waals surface area contributed by atoms with Crippen LogP contribution in [0.15, 0.2) is 0 Å². The molecule has 0 fully saturated rings. The first kappa shape index (κ1) is 11.4. The quantitative estimate of drug-likeness (QED) is 0.573. The highest BCUT2D eigenvalue weighted by Crippen LogP contribution is 1.95. The van der Waals surface area contributed by atoms with Crippen molar-refractivity contribution in [1.82, 2.24) is 5.32 Å². The number of aliphatic hydroxyl groups is 1. The van der Waals surface area contributed by atoms with Crippen molar-refractivity contribution < 1.29 is 14.6 Å². The Morgan fingerprint density at radius 2 is 2.17 bits per heavy atom. The van der Waals surface area contributed by atoms with Crippen LogP contribution in [0, 0.1) is 0 Å². The minimum Gasteiger partial charge on any atom is -0.468 e. The van der Waals surface area contributed by atoms with Gasteiger partial charge < -0.3 is 15.2 Å². The van der Waals surface area contributed by atoms with Crippen molar-refractivity contribution in [1.29, 1.82) is 0 Å². The molecule has 4 nitrogen and oxygen atoms in total. The molecule has 72 valence electrons. The predicted octanol–water partition coefficient (Wildman–Crippen LogP) is -0.0916. The molecule has 0 aromatic heterocycles. The Bertz CT molecular complexity index is 136. The van der Waals surface area contributed by atoms with E-state index in [9.17, 15) is 4.79 Å². The largest absolute Gasteiger partial charge is 0.468 e. The summed E-state index contributed by atoms with van der Waals surface area (Å²) in [6, 6.07) is 0.129. The first-order valence-electron chi connectivity index (χ1n) is 4.04. The van der Waals surface area contributed by atoms with Crippen LogP contribution in [0.4, 0.5) is 0 Å². The molecule has 0 saturated heterocycles. The first-order chi connectivity index (χ1) is 5.56. The van der Waals surface area contributed by atoms with Crippen LogP contribution in [-0.2, 0) is 9.53 Å². The number of rotatable bonds is 5. The van der Waals surface area contributed by atoms with Gasteiger partial charge in [0.25, 0.3) is 0 Å². The summed E-state index contributed by atoms with van der Waals surface area (Å²) in [7, 11) is 1.35. The van der Waals surface area contributed by atoms with Crippen LogP contribution in [0.2, 0.25) is 0 Å². The standard InChI is InChI=1S/C8H17NO3/c1-6(4-7(2)10)9-5-8(11)12-3/h6-7,9-10H,4-5H2,1-3H3. The molecule has 12 heavy (non-hydrogen) atoms. The average Bonchev–Trinajstić information content (AvgIpc) is 1.99. The van der Waals surface area contributed by atoms with E-state index in [1.165, 1.54) is 7.11 Å². The Labute approximate surface area is 72.9 Å². The number of nitrogens with one attached hydrogen (secondary N) is 1. The highest BCUT2D eigenvalue weighted by molar-refractivity contribution is 5.71. The van der Waals surface area contributed by atoms with Gasteiger partial charge in [0.05, 0.1) is 19.8 Å². The number of carbonyl (C=O) groups excluding carboxylic acids is 1. The highest BCUT2D eigenvalue weighted by Gasteiger charge is 2.07. The molecule has 0 aromatic rings. The molecule has 0 aromatic carbocycles. The van der Waals surface area contributed by atoms with Crippen molar-refractivity contribution in [3.05, 3.63) is 0 Å². The molecule has 0 aliphatic rings. The van der Waals surface area contributed by atoms with Gasteiger partial charge >= 0.3 is 5.97 Å². The predicted molar refractivity (Wildman–Crippen MR) is 45.8 cm³/mol. The molecule has 2 N–H and O–H groups in total. The summed E-state index contributed by atoms with van der Waals surface area (Å²) in [5, 5.41) is 11.9.